The van der Waals surface area contributed by atoms with E-state index in [9.17, 15) is 9.59 Å². The van der Waals surface area contributed by atoms with Crippen molar-refractivity contribution in [3.05, 3.63) is 83.9 Å². The van der Waals surface area contributed by atoms with Crippen molar-refractivity contribution >= 4 is 23.2 Å². The molecular formula is C34H50N4O4. The SMILES string of the molecule is C=C(C)c1cccc(C(C)(C)NC(=O)NC(C)COCCOCC(C)NC(=O)NC(C)(C)c2cccc(C(=C)C)c2)c1. The van der Waals surface area contributed by atoms with Gasteiger partial charge in [-0.05, 0) is 89.8 Å². The summed E-state index contributed by atoms with van der Waals surface area (Å²) in [7, 11) is 0. The monoisotopic (exact) mass is 578 g/mol. The lowest BCUT2D eigenvalue weighted by molar-refractivity contribution is 0.0361. The molecule has 0 aliphatic carbocycles. The summed E-state index contributed by atoms with van der Waals surface area (Å²) in [4.78, 5) is 25.2. The molecule has 4 N–H and O–H groups in total. The average Bonchev–Trinajstić information content (AvgIpc) is 2.89. The van der Waals surface area contributed by atoms with Gasteiger partial charge in [-0.2, -0.15) is 0 Å². The van der Waals surface area contributed by atoms with E-state index < -0.39 is 11.1 Å². The topological polar surface area (TPSA) is 101 Å². The van der Waals surface area contributed by atoms with E-state index in [1.807, 2.05) is 104 Å². The first kappa shape index (κ1) is 34.6. The average molecular weight is 579 g/mol. The molecule has 0 radical (unpaired) electrons. The van der Waals surface area contributed by atoms with Crippen molar-refractivity contribution in [2.24, 2.45) is 0 Å². The van der Waals surface area contributed by atoms with Gasteiger partial charge in [-0.15, -0.1) is 0 Å². The minimum absolute atomic E-state index is 0.189. The first-order valence-corrected chi connectivity index (χ1v) is 14.5. The van der Waals surface area contributed by atoms with Crippen molar-refractivity contribution in [2.45, 2.75) is 78.6 Å². The summed E-state index contributed by atoms with van der Waals surface area (Å²) in [6.45, 7) is 25.0. The van der Waals surface area contributed by atoms with E-state index in [4.69, 9.17) is 9.47 Å². The van der Waals surface area contributed by atoms with E-state index >= 15 is 0 Å². The fraction of sp³-hybridized carbons (Fsp3) is 0.471. The fourth-order valence-corrected chi connectivity index (χ4v) is 4.30. The molecule has 0 aromatic heterocycles. The zero-order valence-corrected chi connectivity index (χ0v) is 26.6. The van der Waals surface area contributed by atoms with Gasteiger partial charge in [0.2, 0.25) is 0 Å². The van der Waals surface area contributed by atoms with Gasteiger partial charge in [-0.1, -0.05) is 60.7 Å². The van der Waals surface area contributed by atoms with Gasteiger partial charge in [0.25, 0.3) is 0 Å². The van der Waals surface area contributed by atoms with E-state index in [0.717, 1.165) is 33.4 Å². The number of amides is 4. The van der Waals surface area contributed by atoms with Crippen LogP contribution in [0.4, 0.5) is 9.59 Å². The number of nitrogens with one attached hydrogen (secondary N) is 4. The maximum Gasteiger partial charge on any atom is 0.315 e. The molecule has 0 saturated heterocycles. The molecule has 0 aliphatic heterocycles. The molecule has 2 rings (SSSR count). The fourth-order valence-electron chi connectivity index (χ4n) is 4.30. The first-order valence-electron chi connectivity index (χ1n) is 14.5. The third-order valence-electron chi connectivity index (χ3n) is 6.87. The van der Waals surface area contributed by atoms with E-state index in [-0.39, 0.29) is 24.1 Å². The molecule has 0 saturated carbocycles. The van der Waals surface area contributed by atoms with Crippen LogP contribution < -0.4 is 21.3 Å². The largest absolute Gasteiger partial charge is 0.377 e. The van der Waals surface area contributed by atoms with Crippen LogP contribution in [-0.4, -0.2) is 50.6 Å². The van der Waals surface area contributed by atoms with Crippen molar-refractivity contribution in [1.29, 1.82) is 0 Å². The molecule has 0 fully saturated rings. The van der Waals surface area contributed by atoms with E-state index in [1.54, 1.807) is 0 Å². The second-order valence-electron chi connectivity index (χ2n) is 12.1. The predicted molar refractivity (Wildman–Crippen MR) is 172 cm³/mol. The van der Waals surface area contributed by atoms with Gasteiger partial charge in [0, 0.05) is 0 Å². The lowest BCUT2D eigenvalue weighted by Gasteiger charge is -2.28. The van der Waals surface area contributed by atoms with E-state index in [2.05, 4.69) is 34.4 Å². The number of urea groups is 2. The zero-order chi connectivity index (χ0) is 31.5. The van der Waals surface area contributed by atoms with Crippen LogP contribution in [0.15, 0.2) is 61.7 Å². The Kier molecular flexibility index (Phi) is 12.8. The van der Waals surface area contributed by atoms with Crippen molar-refractivity contribution in [2.75, 3.05) is 26.4 Å². The minimum Gasteiger partial charge on any atom is -0.377 e. The molecule has 0 spiro atoms. The summed E-state index contributed by atoms with van der Waals surface area (Å²) in [6, 6.07) is 15.1. The molecule has 2 aromatic rings. The third-order valence-corrected chi connectivity index (χ3v) is 6.87. The highest BCUT2D eigenvalue weighted by Crippen LogP contribution is 2.24. The molecule has 0 aliphatic rings. The third kappa shape index (κ3) is 11.3. The van der Waals surface area contributed by atoms with Crippen LogP contribution >= 0.6 is 0 Å². The molecule has 42 heavy (non-hydrogen) atoms. The lowest BCUT2D eigenvalue weighted by atomic mass is 9.92. The van der Waals surface area contributed by atoms with Crippen molar-refractivity contribution in [3.63, 3.8) is 0 Å². The number of allylic oxidation sites excluding steroid dienone is 2. The smallest absolute Gasteiger partial charge is 0.315 e. The molecular weight excluding hydrogens is 528 g/mol. The second-order valence-corrected chi connectivity index (χ2v) is 12.1. The number of carbonyl (C=O) groups is 2. The normalized spacial score (nSPS) is 13.0. The van der Waals surface area contributed by atoms with Gasteiger partial charge in [-0.25, -0.2) is 9.59 Å². The Morgan fingerprint density at radius 3 is 1.40 bits per heavy atom. The van der Waals surface area contributed by atoms with Gasteiger partial charge in [0.15, 0.2) is 0 Å². The molecule has 4 amide bonds. The number of hydrogen-bond donors (Lipinski definition) is 4. The first-order chi connectivity index (χ1) is 19.6. The zero-order valence-electron chi connectivity index (χ0n) is 26.6. The van der Waals surface area contributed by atoms with Crippen molar-refractivity contribution < 1.29 is 19.1 Å². The minimum atomic E-state index is -0.558. The summed E-state index contributed by atoms with van der Waals surface area (Å²) >= 11 is 0. The maximum absolute atomic E-state index is 12.6. The molecule has 230 valence electrons. The number of carbonyl (C=O) groups excluding carboxylic acids is 2. The Morgan fingerprint density at radius 2 is 1.07 bits per heavy atom. The predicted octanol–water partition coefficient (Wildman–Crippen LogP) is 6.33. The van der Waals surface area contributed by atoms with Gasteiger partial charge < -0.3 is 30.7 Å². The Balaban J connectivity index is 1.65. The standard InChI is InChI=1S/C34H50N4O4/c1-23(2)27-13-11-15-29(19-27)33(7,8)37-31(39)35-25(5)21-41-17-18-42-22-26(6)36-32(40)38-34(9,10)30-16-12-14-28(20-30)24(3)4/h11-16,19-20,25-26H,1,3,17-18,21-22H2,2,4-10H3,(H2,35,37,39)(H2,36,38,40). The molecule has 2 atom stereocenters. The van der Waals surface area contributed by atoms with Gasteiger partial charge in [0.05, 0.1) is 49.6 Å². The Labute approximate surface area is 252 Å². The van der Waals surface area contributed by atoms with Crippen molar-refractivity contribution in [3.8, 4) is 0 Å². The molecule has 0 bridgehead atoms. The molecule has 2 unspecified atom stereocenters. The number of rotatable bonds is 15. The summed E-state index contributed by atoms with van der Waals surface area (Å²) in [5.74, 6) is 0. The molecule has 0 heterocycles. The van der Waals surface area contributed by atoms with Crippen LogP contribution in [-0.2, 0) is 20.6 Å². The Hall–Kier alpha value is -3.62. The Morgan fingerprint density at radius 1 is 0.714 bits per heavy atom. The Bertz CT molecular complexity index is 1140. The highest BCUT2D eigenvalue weighted by Gasteiger charge is 2.25. The van der Waals surface area contributed by atoms with Crippen LogP contribution in [0.2, 0.25) is 0 Å². The molecule has 2 aromatic carbocycles. The van der Waals surface area contributed by atoms with Gasteiger partial charge in [0.1, 0.15) is 0 Å². The highest BCUT2D eigenvalue weighted by atomic mass is 16.5. The number of hydrogen-bond acceptors (Lipinski definition) is 4. The maximum atomic E-state index is 12.6. The summed E-state index contributed by atoms with van der Waals surface area (Å²) in [5.41, 5.74) is 4.92. The van der Waals surface area contributed by atoms with E-state index in [1.165, 1.54) is 0 Å². The summed E-state index contributed by atoms with van der Waals surface area (Å²) in [6.07, 6.45) is 0. The van der Waals surface area contributed by atoms with Crippen molar-refractivity contribution in [1.82, 2.24) is 21.3 Å². The van der Waals surface area contributed by atoms with Crippen LogP contribution in [0.5, 0.6) is 0 Å². The quantitative estimate of drug-likeness (QED) is 0.186. The van der Waals surface area contributed by atoms with Crippen LogP contribution in [0, 0.1) is 0 Å². The highest BCUT2D eigenvalue weighted by molar-refractivity contribution is 5.76. The molecule has 8 nitrogen and oxygen atoms in total. The number of benzene rings is 2. The van der Waals surface area contributed by atoms with Gasteiger partial charge in [-0.3, -0.25) is 0 Å². The number of ether oxygens (including phenoxy) is 2. The van der Waals surface area contributed by atoms with Crippen LogP contribution in [0.3, 0.4) is 0 Å². The van der Waals surface area contributed by atoms with E-state index in [0.29, 0.717) is 26.4 Å². The van der Waals surface area contributed by atoms with Crippen LogP contribution in [0.25, 0.3) is 11.1 Å². The second kappa shape index (κ2) is 15.6. The summed E-state index contributed by atoms with van der Waals surface area (Å²) < 4.78 is 11.3. The van der Waals surface area contributed by atoms with Gasteiger partial charge >= 0.3 is 12.1 Å². The molecule has 8 heteroatoms. The lowest BCUT2D eigenvalue weighted by Crippen LogP contribution is -2.50. The van der Waals surface area contributed by atoms with Crippen LogP contribution in [0.1, 0.15) is 77.6 Å². The summed E-state index contributed by atoms with van der Waals surface area (Å²) in [5, 5.41) is 11.9.